The normalized spacial score (nSPS) is 10.5. The van der Waals surface area contributed by atoms with Gasteiger partial charge >= 0.3 is 5.97 Å². The molecule has 1 N–H and O–H groups in total. The smallest absolute Gasteiger partial charge is 0.341 e. The van der Waals surface area contributed by atoms with E-state index in [-0.39, 0.29) is 5.91 Å². The summed E-state index contributed by atoms with van der Waals surface area (Å²) in [6, 6.07) is 0. The number of carbonyl (C=O) groups excluding carboxylic acids is 2. The minimum Gasteiger partial charge on any atom is -0.465 e. The molecule has 6 nitrogen and oxygen atoms in total. The molecule has 0 saturated heterocycles. The number of ether oxygens (including phenoxy) is 1. The van der Waals surface area contributed by atoms with Crippen LogP contribution in [0.5, 0.6) is 0 Å². The van der Waals surface area contributed by atoms with Crippen LogP contribution in [0.1, 0.15) is 36.9 Å². The number of aryl methyl sites for hydroxylation is 3. The fourth-order valence-corrected chi connectivity index (χ4v) is 3.10. The van der Waals surface area contributed by atoms with E-state index in [1.54, 1.807) is 17.9 Å². The third kappa shape index (κ3) is 2.82. The largest absolute Gasteiger partial charge is 0.465 e. The summed E-state index contributed by atoms with van der Waals surface area (Å²) in [5.74, 6) is -0.788. The minimum atomic E-state index is -0.454. The van der Waals surface area contributed by atoms with Gasteiger partial charge in [-0.15, -0.1) is 11.3 Å². The summed E-state index contributed by atoms with van der Waals surface area (Å²) in [4.78, 5) is 25.1. The van der Waals surface area contributed by atoms with Crippen LogP contribution in [0, 0.1) is 20.8 Å². The van der Waals surface area contributed by atoms with Crippen molar-refractivity contribution in [2.45, 2.75) is 20.8 Å². The van der Waals surface area contributed by atoms with Gasteiger partial charge in [0.25, 0.3) is 5.91 Å². The fraction of sp³-hybridized carbons (Fsp3) is 0.357. The predicted molar refractivity (Wildman–Crippen MR) is 81.0 cm³/mol. The third-order valence-electron chi connectivity index (χ3n) is 3.23. The number of carbonyl (C=O) groups is 2. The number of nitrogens with zero attached hydrogens (tertiary/aromatic N) is 2. The van der Waals surface area contributed by atoms with Crippen molar-refractivity contribution in [1.29, 1.82) is 0 Å². The van der Waals surface area contributed by atoms with Gasteiger partial charge in [0.1, 0.15) is 5.00 Å². The zero-order valence-corrected chi connectivity index (χ0v) is 13.4. The molecular weight excluding hydrogens is 290 g/mol. The average molecular weight is 307 g/mol. The van der Waals surface area contributed by atoms with E-state index in [0.717, 1.165) is 16.0 Å². The Labute approximate surface area is 126 Å². The van der Waals surface area contributed by atoms with Crippen LogP contribution in [0.15, 0.2) is 6.20 Å². The van der Waals surface area contributed by atoms with E-state index in [9.17, 15) is 9.59 Å². The van der Waals surface area contributed by atoms with Crippen LogP contribution in [-0.4, -0.2) is 28.8 Å². The second kappa shape index (κ2) is 5.69. The maximum Gasteiger partial charge on any atom is 0.341 e. The van der Waals surface area contributed by atoms with Crippen molar-refractivity contribution < 1.29 is 14.3 Å². The number of hydrogen-bond acceptors (Lipinski definition) is 5. The predicted octanol–water partition coefficient (Wildman–Crippen LogP) is 2.45. The van der Waals surface area contributed by atoms with E-state index >= 15 is 0 Å². The lowest BCUT2D eigenvalue weighted by Gasteiger charge is -2.05. The summed E-state index contributed by atoms with van der Waals surface area (Å²) in [6.07, 6.45) is 1.76. The topological polar surface area (TPSA) is 73.2 Å². The first kappa shape index (κ1) is 15.2. The number of methoxy groups -OCH3 is 1. The highest BCUT2D eigenvalue weighted by atomic mass is 32.1. The molecule has 0 aliphatic heterocycles. The summed E-state index contributed by atoms with van der Waals surface area (Å²) < 4.78 is 6.36. The molecule has 7 heteroatoms. The summed E-state index contributed by atoms with van der Waals surface area (Å²) in [7, 11) is 3.08. The van der Waals surface area contributed by atoms with Crippen LogP contribution >= 0.6 is 11.3 Å². The van der Waals surface area contributed by atoms with Gasteiger partial charge in [-0.1, -0.05) is 0 Å². The molecule has 0 spiro atoms. The highest BCUT2D eigenvalue weighted by Gasteiger charge is 2.23. The van der Waals surface area contributed by atoms with E-state index in [1.165, 1.54) is 18.4 Å². The summed E-state index contributed by atoms with van der Waals surface area (Å²) in [6.45, 7) is 5.54. The van der Waals surface area contributed by atoms with Crippen molar-refractivity contribution >= 4 is 28.2 Å². The van der Waals surface area contributed by atoms with Crippen molar-refractivity contribution in [1.82, 2.24) is 9.78 Å². The Morgan fingerprint density at radius 2 is 2.00 bits per heavy atom. The van der Waals surface area contributed by atoms with Gasteiger partial charge in [-0.05, 0) is 26.3 Å². The molecule has 0 aliphatic rings. The van der Waals surface area contributed by atoms with Gasteiger partial charge in [0.15, 0.2) is 5.69 Å². The van der Waals surface area contributed by atoms with E-state index in [1.807, 2.05) is 20.8 Å². The molecular formula is C14H17N3O3S. The van der Waals surface area contributed by atoms with Crippen molar-refractivity contribution in [2.75, 3.05) is 12.4 Å². The number of hydrogen-bond donors (Lipinski definition) is 1. The van der Waals surface area contributed by atoms with Gasteiger partial charge in [-0.25, -0.2) is 4.79 Å². The third-order valence-corrected chi connectivity index (χ3v) is 4.35. The Hall–Kier alpha value is -2.15. The van der Waals surface area contributed by atoms with E-state index in [2.05, 4.69) is 10.4 Å². The van der Waals surface area contributed by atoms with Gasteiger partial charge < -0.3 is 10.1 Å². The molecule has 0 aliphatic carbocycles. The molecule has 2 rings (SSSR count). The van der Waals surface area contributed by atoms with Crippen LogP contribution in [-0.2, 0) is 11.8 Å². The molecule has 0 unspecified atom stereocenters. The molecule has 0 radical (unpaired) electrons. The lowest BCUT2D eigenvalue weighted by Crippen LogP contribution is -2.16. The Kier molecular flexibility index (Phi) is 4.13. The van der Waals surface area contributed by atoms with Crippen LogP contribution in [0.2, 0.25) is 0 Å². The number of nitrogens with one attached hydrogen (secondary N) is 1. The monoisotopic (exact) mass is 307 g/mol. The zero-order valence-electron chi connectivity index (χ0n) is 12.6. The van der Waals surface area contributed by atoms with Gasteiger partial charge in [0.2, 0.25) is 0 Å². The van der Waals surface area contributed by atoms with Crippen LogP contribution < -0.4 is 5.32 Å². The number of rotatable bonds is 3. The highest BCUT2D eigenvalue weighted by Crippen LogP contribution is 2.33. The second-order valence-corrected chi connectivity index (χ2v) is 5.99. The number of amides is 1. The van der Waals surface area contributed by atoms with Gasteiger partial charge in [-0.3, -0.25) is 9.48 Å². The zero-order chi connectivity index (χ0) is 15.7. The van der Waals surface area contributed by atoms with Crippen LogP contribution in [0.3, 0.4) is 0 Å². The van der Waals surface area contributed by atoms with E-state index in [4.69, 9.17) is 4.74 Å². The summed E-state index contributed by atoms with van der Waals surface area (Å²) in [5, 5.41) is 7.38. The highest BCUT2D eigenvalue weighted by molar-refractivity contribution is 7.16. The maximum atomic E-state index is 12.3. The molecule has 0 bridgehead atoms. The van der Waals surface area contributed by atoms with Crippen molar-refractivity contribution in [3.8, 4) is 0 Å². The van der Waals surface area contributed by atoms with Crippen molar-refractivity contribution in [2.24, 2.45) is 7.05 Å². The number of esters is 1. The second-order valence-electron chi connectivity index (χ2n) is 4.77. The van der Waals surface area contributed by atoms with Gasteiger partial charge in [0.05, 0.1) is 12.7 Å². The standard InChI is InChI=1S/C14H17N3O3S/c1-7-6-17(4)16-11(7)12(18)15-13-10(14(19)20-5)8(2)9(3)21-13/h6H,1-5H3,(H,15,18). The molecule has 2 aromatic heterocycles. The quantitative estimate of drug-likeness (QED) is 0.884. The van der Waals surface area contributed by atoms with Gasteiger partial charge in [0, 0.05) is 23.7 Å². The fourth-order valence-electron chi connectivity index (χ4n) is 2.06. The molecule has 1 amide bonds. The molecule has 112 valence electrons. The van der Waals surface area contributed by atoms with Crippen LogP contribution in [0.4, 0.5) is 5.00 Å². The van der Waals surface area contributed by atoms with E-state index < -0.39 is 5.97 Å². The van der Waals surface area contributed by atoms with E-state index in [0.29, 0.717) is 16.3 Å². The first-order valence-electron chi connectivity index (χ1n) is 6.35. The molecule has 21 heavy (non-hydrogen) atoms. The molecule has 0 fully saturated rings. The Bertz CT molecular complexity index is 715. The molecule has 0 atom stereocenters. The SMILES string of the molecule is COC(=O)c1c(NC(=O)c2nn(C)cc2C)sc(C)c1C. The summed E-state index contributed by atoms with van der Waals surface area (Å²) in [5.41, 5.74) is 2.35. The molecule has 2 aromatic rings. The maximum absolute atomic E-state index is 12.3. The average Bonchev–Trinajstić information content (AvgIpc) is 2.89. The number of aromatic nitrogens is 2. The van der Waals surface area contributed by atoms with Gasteiger partial charge in [-0.2, -0.15) is 5.10 Å². The summed E-state index contributed by atoms with van der Waals surface area (Å²) >= 11 is 1.35. The first-order chi connectivity index (χ1) is 9.85. The molecule has 0 saturated carbocycles. The Morgan fingerprint density at radius 1 is 1.33 bits per heavy atom. The van der Waals surface area contributed by atoms with Crippen molar-refractivity contribution in [3.63, 3.8) is 0 Å². The Morgan fingerprint density at radius 3 is 2.52 bits per heavy atom. The Balaban J connectivity index is 2.36. The lowest BCUT2D eigenvalue weighted by molar-refractivity contribution is 0.0601. The number of thiophene rings is 1. The number of anilines is 1. The van der Waals surface area contributed by atoms with Crippen molar-refractivity contribution in [3.05, 3.63) is 33.5 Å². The van der Waals surface area contributed by atoms with Crippen LogP contribution in [0.25, 0.3) is 0 Å². The lowest BCUT2D eigenvalue weighted by atomic mass is 10.1. The minimum absolute atomic E-state index is 0.334. The molecule has 2 heterocycles. The molecule has 0 aromatic carbocycles. The first-order valence-corrected chi connectivity index (χ1v) is 7.16.